The third kappa shape index (κ3) is 3.50. The maximum absolute atomic E-state index is 12.2. The summed E-state index contributed by atoms with van der Waals surface area (Å²) in [6, 6.07) is 16.6. The molecule has 0 aliphatic carbocycles. The topological polar surface area (TPSA) is 101 Å². The molecule has 0 aliphatic rings. The number of H-pyrrole nitrogens is 1. The molecule has 4 rings (SSSR count). The van der Waals surface area contributed by atoms with E-state index in [-0.39, 0.29) is 5.91 Å². The summed E-state index contributed by atoms with van der Waals surface area (Å²) in [6.45, 7) is 0. The fraction of sp³-hybridized carbons (Fsp3) is 0.0952. The molecule has 2 aromatic carbocycles. The molecule has 2 heterocycles. The van der Waals surface area contributed by atoms with E-state index in [0.29, 0.717) is 24.1 Å². The van der Waals surface area contributed by atoms with Crippen LogP contribution in [0.15, 0.2) is 60.8 Å². The van der Waals surface area contributed by atoms with Gasteiger partial charge in [-0.25, -0.2) is 0 Å². The number of nitrogens with two attached hydrogens (primary N) is 1. The molecule has 4 N–H and O–H groups in total. The molecule has 2 aromatic heterocycles. The molecule has 6 heteroatoms. The second kappa shape index (κ2) is 6.92. The van der Waals surface area contributed by atoms with E-state index < -0.39 is 5.91 Å². The van der Waals surface area contributed by atoms with Gasteiger partial charge in [0.15, 0.2) is 0 Å². The van der Waals surface area contributed by atoms with Gasteiger partial charge in [0.2, 0.25) is 11.8 Å². The van der Waals surface area contributed by atoms with Crippen LogP contribution in [-0.4, -0.2) is 21.8 Å². The second-order valence-corrected chi connectivity index (χ2v) is 6.38. The summed E-state index contributed by atoms with van der Waals surface area (Å²) >= 11 is 0. The van der Waals surface area contributed by atoms with Crippen molar-refractivity contribution in [1.82, 2.24) is 9.97 Å². The molecule has 2 amide bonds. The summed E-state index contributed by atoms with van der Waals surface area (Å²) in [5.41, 5.74) is 9.17. The van der Waals surface area contributed by atoms with Crippen molar-refractivity contribution in [1.29, 1.82) is 0 Å². The Kier molecular flexibility index (Phi) is 4.30. The Morgan fingerprint density at radius 2 is 1.78 bits per heavy atom. The minimum atomic E-state index is -0.494. The van der Waals surface area contributed by atoms with E-state index in [1.165, 1.54) is 0 Å². The number of aromatic amines is 1. The lowest BCUT2D eigenvalue weighted by Gasteiger charge is -2.06. The maximum Gasteiger partial charge on any atom is 0.248 e. The summed E-state index contributed by atoms with van der Waals surface area (Å²) < 4.78 is 0. The van der Waals surface area contributed by atoms with Gasteiger partial charge in [-0.1, -0.05) is 18.2 Å². The van der Waals surface area contributed by atoms with Crippen molar-refractivity contribution in [3.05, 3.63) is 72.1 Å². The number of benzene rings is 2. The van der Waals surface area contributed by atoms with Gasteiger partial charge in [0, 0.05) is 39.7 Å². The molecule has 134 valence electrons. The van der Waals surface area contributed by atoms with Crippen molar-refractivity contribution in [2.45, 2.75) is 12.8 Å². The number of pyridine rings is 1. The Balaban J connectivity index is 1.44. The number of aromatic nitrogens is 2. The van der Waals surface area contributed by atoms with Crippen molar-refractivity contribution in [2.75, 3.05) is 5.32 Å². The van der Waals surface area contributed by atoms with Gasteiger partial charge in [-0.15, -0.1) is 0 Å². The fourth-order valence-electron chi connectivity index (χ4n) is 3.11. The quantitative estimate of drug-likeness (QED) is 0.510. The summed E-state index contributed by atoms with van der Waals surface area (Å²) in [4.78, 5) is 31.1. The highest BCUT2D eigenvalue weighted by Gasteiger charge is 2.08. The zero-order valence-corrected chi connectivity index (χ0v) is 14.5. The lowest BCUT2D eigenvalue weighted by Crippen LogP contribution is -2.14. The second-order valence-electron chi connectivity index (χ2n) is 6.38. The number of para-hydroxylation sites is 1. The average Bonchev–Trinajstić information content (AvgIpc) is 3.05. The molecule has 0 aliphatic heterocycles. The standard InChI is InChI=1S/C21H18N4O2/c22-21(27)13-5-7-14(8-6-13)24-20(26)10-9-15-11-17-16-3-1-2-4-18(16)25-19(17)12-23-15/h1-8,11-12,25H,9-10H2,(H2,22,27)(H,24,26). The molecule has 0 spiro atoms. The van der Waals surface area contributed by atoms with E-state index in [0.717, 1.165) is 27.5 Å². The first-order valence-electron chi connectivity index (χ1n) is 8.65. The van der Waals surface area contributed by atoms with Gasteiger partial charge in [0.1, 0.15) is 0 Å². The van der Waals surface area contributed by atoms with Crippen LogP contribution in [0.4, 0.5) is 5.69 Å². The first kappa shape index (κ1) is 16.8. The van der Waals surface area contributed by atoms with E-state index in [9.17, 15) is 9.59 Å². The molecule has 0 radical (unpaired) electrons. The molecule has 0 unspecified atom stereocenters. The Hall–Kier alpha value is -3.67. The Morgan fingerprint density at radius 1 is 1.00 bits per heavy atom. The van der Waals surface area contributed by atoms with Crippen LogP contribution in [0.25, 0.3) is 21.8 Å². The summed E-state index contributed by atoms with van der Waals surface area (Å²) in [6.07, 6.45) is 2.67. The minimum absolute atomic E-state index is 0.109. The number of anilines is 1. The van der Waals surface area contributed by atoms with E-state index in [4.69, 9.17) is 5.73 Å². The third-order valence-electron chi connectivity index (χ3n) is 4.51. The van der Waals surface area contributed by atoms with Crippen LogP contribution >= 0.6 is 0 Å². The first-order valence-corrected chi connectivity index (χ1v) is 8.65. The molecule has 0 bridgehead atoms. The molecule has 0 atom stereocenters. The predicted octanol–water partition coefficient (Wildman–Crippen LogP) is 3.39. The third-order valence-corrected chi connectivity index (χ3v) is 4.51. The van der Waals surface area contributed by atoms with Crippen molar-refractivity contribution < 1.29 is 9.59 Å². The van der Waals surface area contributed by atoms with Crippen LogP contribution in [-0.2, 0) is 11.2 Å². The maximum atomic E-state index is 12.2. The Labute approximate surface area is 155 Å². The van der Waals surface area contributed by atoms with Crippen LogP contribution in [0.5, 0.6) is 0 Å². The van der Waals surface area contributed by atoms with Gasteiger partial charge >= 0.3 is 0 Å². The number of aryl methyl sites for hydroxylation is 1. The first-order chi connectivity index (χ1) is 13.1. The van der Waals surface area contributed by atoms with Crippen LogP contribution in [0.2, 0.25) is 0 Å². The van der Waals surface area contributed by atoms with E-state index in [2.05, 4.69) is 21.4 Å². The Bertz CT molecular complexity index is 1150. The Morgan fingerprint density at radius 3 is 2.56 bits per heavy atom. The molecule has 4 aromatic rings. The molecule has 0 saturated carbocycles. The summed E-state index contributed by atoms with van der Waals surface area (Å²) in [5.74, 6) is -0.603. The minimum Gasteiger partial charge on any atom is -0.366 e. The smallest absolute Gasteiger partial charge is 0.248 e. The fourth-order valence-corrected chi connectivity index (χ4v) is 3.11. The van der Waals surface area contributed by atoms with Crippen molar-refractivity contribution >= 4 is 39.3 Å². The van der Waals surface area contributed by atoms with E-state index >= 15 is 0 Å². The van der Waals surface area contributed by atoms with Crippen LogP contribution in [0, 0.1) is 0 Å². The number of carbonyl (C=O) groups is 2. The van der Waals surface area contributed by atoms with Gasteiger partial charge in [-0.3, -0.25) is 14.6 Å². The van der Waals surface area contributed by atoms with Crippen molar-refractivity contribution in [2.24, 2.45) is 5.73 Å². The molecular formula is C21H18N4O2. The van der Waals surface area contributed by atoms with Crippen molar-refractivity contribution in [3.63, 3.8) is 0 Å². The zero-order chi connectivity index (χ0) is 18.8. The van der Waals surface area contributed by atoms with Crippen LogP contribution < -0.4 is 11.1 Å². The predicted molar refractivity (Wildman–Crippen MR) is 106 cm³/mol. The van der Waals surface area contributed by atoms with Gasteiger partial charge in [-0.2, -0.15) is 0 Å². The summed E-state index contributed by atoms with van der Waals surface area (Å²) in [5, 5.41) is 5.07. The molecule has 6 nitrogen and oxygen atoms in total. The highest BCUT2D eigenvalue weighted by molar-refractivity contribution is 6.07. The van der Waals surface area contributed by atoms with E-state index in [1.807, 2.05) is 30.5 Å². The number of primary amides is 1. The van der Waals surface area contributed by atoms with Crippen molar-refractivity contribution in [3.8, 4) is 0 Å². The number of hydrogen-bond donors (Lipinski definition) is 3. The monoisotopic (exact) mass is 358 g/mol. The molecule has 0 saturated heterocycles. The number of amides is 2. The number of rotatable bonds is 5. The number of fused-ring (bicyclic) bond motifs is 3. The van der Waals surface area contributed by atoms with Gasteiger partial charge in [0.05, 0.1) is 11.7 Å². The molecular weight excluding hydrogens is 340 g/mol. The van der Waals surface area contributed by atoms with Crippen LogP contribution in [0.1, 0.15) is 22.5 Å². The average molecular weight is 358 g/mol. The SMILES string of the molecule is NC(=O)c1ccc(NC(=O)CCc2cc3c(cn2)[nH]c2ccccc23)cc1. The van der Waals surface area contributed by atoms with Crippen LogP contribution in [0.3, 0.4) is 0 Å². The number of carbonyl (C=O) groups excluding carboxylic acids is 2. The van der Waals surface area contributed by atoms with E-state index in [1.54, 1.807) is 24.3 Å². The van der Waals surface area contributed by atoms with Gasteiger partial charge < -0.3 is 16.0 Å². The lowest BCUT2D eigenvalue weighted by atomic mass is 10.1. The van der Waals surface area contributed by atoms with Gasteiger partial charge in [-0.05, 0) is 42.8 Å². The highest BCUT2D eigenvalue weighted by atomic mass is 16.1. The van der Waals surface area contributed by atoms with Gasteiger partial charge in [0.25, 0.3) is 0 Å². The molecule has 27 heavy (non-hydrogen) atoms. The lowest BCUT2D eigenvalue weighted by molar-refractivity contribution is -0.116. The largest absolute Gasteiger partial charge is 0.366 e. The number of hydrogen-bond acceptors (Lipinski definition) is 3. The zero-order valence-electron chi connectivity index (χ0n) is 14.5. The highest BCUT2D eigenvalue weighted by Crippen LogP contribution is 2.25. The number of nitrogens with one attached hydrogen (secondary N) is 2. The summed E-state index contributed by atoms with van der Waals surface area (Å²) in [7, 11) is 0. The number of nitrogens with zero attached hydrogens (tertiary/aromatic N) is 1. The molecule has 0 fully saturated rings. The normalized spacial score (nSPS) is 11.0.